The molecular formula is C21H19FN2O4S. The minimum absolute atomic E-state index is 0.0408. The Bertz CT molecular complexity index is 1020. The van der Waals surface area contributed by atoms with Crippen molar-refractivity contribution in [2.45, 2.75) is 19.8 Å². The number of aromatic nitrogens is 1. The second kappa shape index (κ2) is 9.29. The summed E-state index contributed by atoms with van der Waals surface area (Å²) in [6, 6.07) is 9.21. The van der Waals surface area contributed by atoms with Gasteiger partial charge in [-0.2, -0.15) is 0 Å². The van der Waals surface area contributed by atoms with Gasteiger partial charge in [0.05, 0.1) is 18.5 Å². The molecule has 1 amide bonds. The first-order valence-electron chi connectivity index (χ1n) is 8.77. The lowest BCUT2D eigenvalue weighted by Crippen LogP contribution is -2.10. The molecule has 3 aromatic rings. The lowest BCUT2D eigenvalue weighted by atomic mass is 10.0. The average molecular weight is 414 g/mol. The number of methoxy groups -OCH3 is 1. The van der Waals surface area contributed by atoms with Gasteiger partial charge in [-0.25, -0.2) is 9.37 Å². The third-order valence-electron chi connectivity index (χ3n) is 3.96. The first kappa shape index (κ1) is 20.5. The first-order chi connectivity index (χ1) is 14.0. The van der Waals surface area contributed by atoms with Crippen LogP contribution in [0, 0.1) is 5.82 Å². The smallest absolute Gasteiger partial charge is 0.221 e. The monoisotopic (exact) mass is 414 g/mol. The number of carbonyl (C=O) groups is 2. The van der Waals surface area contributed by atoms with E-state index in [0.29, 0.717) is 22.0 Å². The number of anilines is 1. The number of carbonyl (C=O) groups excluding carboxylic acids is 2. The van der Waals surface area contributed by atoms with Crippen LogP contribution >= 0.6 is 11.3 Å². The predicted molar refractivity (Wildman–Crippen MR) is 108 cm³/mol. The number of nitrogens with zero attached hydrogens (tertiary/aromatic N) is 1. The summed E-state index contributed by atoms with van der Waals surface area (Å²) in [5, 5.41) is 5.19. The van der Waals surface area contributed by atoms with Crippen molar-refractivity contribution in [3.05, 3.63) is 64.4 Å². The zero-order chi connectivity index (χ0) is 20.8. The fourth-order valence-electron chi connectivity index (χ4n) is 2.74. The lowest BCUT2D eigenvalue weighted by Gasteiger charge is -2.15. The summed E-state index contributed by atoms with van der Waals surface area (Å²) in [6.07, 6.45) is 1.87. The third kappa shape index (κ3) is 5.39. The van der Waals surface area contributed by atoms with E-state index >= 15 is 0 Å². The van der Waals surface area contributed by atoms with Crippen LogP contribution in [0.25, 0.3) is 0 Å². The maximum Gasteiger partial charge on any atom is 0.221 e. The van der Waals surface area contributed by atoms with E-state index in [9.17, 15) is 14.0 Å². The minimum atomic E-state index is -0.588. The molecule has 0 saturated heterocycles. The zero-order valence-electron chi connectivity index (χ0n) is 15.9. The molecule has 1 heterocycles. The number of ketones is 1. The molecule has 1 N–H and O–H groups in total. The molecule has 0 atom stereocenters. The average Bonchev–Trinajstić information content (AvgIpc) is 3.17. The van der Waals surface area contributed by atoms with Gasteiger partial charge < -0.3 is 14.8 Å². The Balaban J connectivity index is 1.91. The highest BCUT2D eigenvalue weighted by molar-refractivity contribution is 7.09. The van der Waals surface area contributed by atoms with Crippen molar-refractivity contribution in [3.63, 3.8) is 0 Å². The van der Waals surface area contributed by atoms with Crippen molar-refractivity contribution in [2.75, 3.05) is 12.4 Å². The Morgan fingerprint density at radius 3 is 2.69 bits per heavy atom. The summed E-state index contributed by atoms with van der Waals surface area (Å²) in [5.41, 5.74) is 1.03. The quantitative estimate of drug-likeness (QED) is 0.591. The Morgan fingerprint density at radius 1 is 1.17 bits per heavy atom. The first-order valence-corrected chi connectivity index (χ1v) is 9.65. The van der Waals surface area contributed by atoms with Gasteiger partial charge in [0.2, 0.25) is 11.7 Å². The fourth-order valence-corrected chi connectivity index (χ4v) is 3.39. The highest BCUT2D eigenvalue weighted by Crippen LogP contribution is 2.36. The molecule has 0 saturated carbocycles. The molecule has 150 valence electrons. The summed E-state index contributed by atoms with van der Waals surface area (Å²) in [5.74, 6) is -0.447. The standard InChI is InChI=1S/C21H19FN2O4S/c1-13(25)24-15-6-7-18(28-21-17(22)4-3-5-19(21)27-2)14(10-15)11-16(26)12-20-23-8-9-29-20/h3-10H,11-12H2,1-2H3,(H,24,25). The molecule has 0 spiro atoms. The number of halogens is 1. The van der Waals surface area contributed by atoms with Gasteiger partial charge in [-0.05, 0) is 30.3 Å². The van der Waals surface area contributed by atoms with E-state index in [1.807, 2.05) is 0 Å². The number of para-hydroxylation sites is 1. The van der Waals surface area contributed by atoms with E-state index in [2.05, 4.69) is 10.3 Å². The van der Waals surface area contributed by atoms with E-state index in [-0.39, 0.29) is 36.0 Å². The lowest BCUT2D eigenvalue weighted by molar-refractivity contribution is -0.118. The number of ether oxygens (including phenoxy) is 2. The number of hydrogen-bond acceptors (Lipinski definition) is 6. The van der Waals surface area contributed by atoms with Crippen molar-refractivity contribution in [1.29, 1.82) is 0 Å². The third-order valence-corrected chi connectivity index (χ3v) is 4.74. The molecule has 2 aromatic carbocycles. The number of rotatable bonds is 8. The van der Waals surface area contributed by atoms with Crippen molar-refractivity contribution in [2.24, 2.45) is 0 Å². The van der Waals surface area contributed by atoms with Crippen LogP contribution in [0.15, 0.2) is 48.0 Å². The van der Waals surface area contributed by atoms with E-state index in [0.717, 1.165) is 0 Å². The van der Waals surface area contributed by atoms with Crippen molar-refractivity contribution >= 4 is 28.7 Å². The molecule has 1 aromatic heterocycles. The Labute approximate surface area is 171 Å². The number of amides is 1. The Hall–Kier alpha value is -3.26. The number of thiazole rings is 1. The summed E-state index contributed by atoms with van der Waals surface area (Å²) >= 11 is 1.40. The van der Waals surface area contributed by atoms with Crippen LogP contribution < -0.4 is 14.8 Å². The van der Waals surface area contributed by atoms with E-state index in [1.54, 1.807) is 35.8 Å². The highest BCUT2D eigenvalue weighted by Gasteiger charge is 2.17. The van der Waals surface area contributed by atoms with Crippen LogP contribution in [-0.4, -0.2) is 23.8 Å². The summed E-state index contributed by atoms with van der Waals surface area (Å²) in [6.45, 7) is 1.39. The molecule has 0 radical (unpaired) electrons. The molecule has 0 aliphatic carbocycles. The molecule has 3 rings (SSSR count). The molecule has 0 fully saturated rings. The van der Waals surface area contributed by atoms with Crippen LogP contribution in [-0.2, 0) is 22.4 Å². The van der Waals surface area contributed by atoms with Gasteiger partial charge in [-0.3, -0.25) is 9.59 Å². The summed E-state index contributed by atoms with van der Waals surface area (Å²) in [7, 11) is 1.42. The molecular weight excluding hydrogens is 395 g/mol. The predicted octanol–water partition coefficient (Wildman–Crippen LogP) is 4.40. The number of nitrogens with one attached hydrogen (secondary N) is 1. The van der Waals surface area contributed by atoms with Crippen LogP contribution in [0.5, 0.6) is 17.2 Å². The molecule has 0 aliphatic rings. The molecule has 0 bridgehead atoms. The van der Waals surface area contributed by atoms with Crippen molar-refractivity contribution in [3.8, 4) is 17.2 Å². The summed E-state index contributed by atoms with van der Waals surface area (Å²) in [4.78, 5) is 28.0. The van der Waals surface area contributed by atoms with Gasteiger partial charge in [-0.1, -0.05) is 6.07 Å². The van der Waals surface area contributed by atoms with Gasteiger partial charge >= 0.3 is 0 Å². The van der Waals surface area contributed by atoms with Crippen molar-refractivity contribution < 1.29 is 23.5 Å². The molecule has 29 heavy (non-hydrogen) atoms. The molecule has 0 unspecified atom stereocenters. The van der Waals surface area contributed by atoms with Crippen LogP contribution in [0.1, 0.15) is 17.5 Å². The van der Waals surface area contributed by atoms with Gasteiger partial charge in [0, 0.05) is 36.2 Å². The number of Topliss-reactive ketones (excluding diaryl/α,β-unsaturated/α-hetero) is 1. The maximum absolute atomic E-state index is 14.3. The highest BCUT2D eigenvalue weighted by atomic mass is 32.1. The fraction of sp³-hybridized carbons (Fsp3) is 0.190. The van der Waals surface area contributed by atoms with Gasteiger partial charge in [0.25, 0.3) is 0 Å². The van der Waals surface area contributed by atoms with Gasteiger partial charge in [0.1, 0.15) is 11.5 Å². The molecule has 6 nitrogen and oxygen atoms in total. The largest absolute Gasteiger partial charge is 0.493 e. The Morgan fingerprint density at radius 2 is 2.00 bits per heavy atom. The van der Waals surface area contributed by atoms with Gasteiger partial charge in [-0.15, -0.1) is 11.3 Å². The second-order valence-corrected chi connectivity index (χ2v) is 7.17. The van der Waals surface area contributed by atoms with Crippen molar-refractivity contribution in [1.82, 2.24) is 4.98 Å². The SMILES string of the molecule is COc1cccc(F)c1Oc1ccc(NC(C)=O)cc1CC(=O)Cc1nccs1. The van der Waals surface area contributed by atoms with E-state index in [4.69, 9.17) is 9.47 Å². The second-order valence-electron chi connectivity index (χ2n) is 6.20. The maximum atomic E-state index is 14.3. The van der Waals surface area contributed by atoms with Crippen LogP contribution in [0.3, 0.4) is 0 Å². The van der Waals surface area contributed by atoms with E-state index < -0.39 is 5.82 Å². The normalized spacial score (nSPS) is 10.4. The molecule has 0 aliphatic heterocycles. The van der Waals surface area contributed by atoms with Crippen LogP contribution in [0.2, 0.25) is 0 Å². The zero-order valence-corrected chi connectivity index (χ0v) is 16.7. The number of benzene rings is 2. The summed E-state index contributed by atoms with van der Waals surface area (Å²) < 4.78 is 25.2. The number of hydrogen-bond donors (Lipinski definition) is 1. The molecule has 8 heteroatoms. The van der Waals surface area contributed by atoms with E-state index in [1.165, 1.54) is 37.5 Å². The van der Waals surface area contributed by atoms with Gasteiger partial charge in [0.15, 0.2) is 11.6 Å². The Kier molecular flexibility index (Phi) is 6.56. The minimum Gasteiger partial charge on any atom is -0.493 e. The topological polar surface area (TPSA) is 77.5 Å². The van der Waals surface area contributed by atoms with Crippen LogP contribution in [0.4, 0.5) is 10.1 Å².